The number of rotatable bonds is 5. The molecule has 5 unspecified atom stereocenters. The lowest BCUT2D eigenvalue weighted by Gasteiger charge is -2.58. The lowest BCUT2D eigenvalue weighted by Crippen LogP contribution is -2.57. The molecular formula is C28H35F2N3O4S. The van der Waals surface area contributed by atoms with Gasteiger partial charge in [-0.3, -0.25) is 14.9 Å². The van der Waals surface area contributed by atoms with Crippen molar-refractivity contribution in [2.24, 2.45) is 16.7 Å². The Balaban J connectivity index is 1.51. The Morgan fingerprint density at radius 3 is 2.53 bits per heavy atom. The summed E-state index contributed by atoms with van der Waals surface area (Å²) in [7, 11) is 0. The maximum absolute atomic E-state index is 14.2. The van der Waals surface area contributed by atoms with E-state index in [2.05, 4.69) is 12.2 Å². The van der Waals surface area contributed by atoms with Crippen LogP contribution in [0.2, 0.25) is 0 Å². The minimum absolute atomic E-state index is 0.0614. The van der Waals surface area contributed by atoms with Gasteiger partial charge in [0.1, 0.15) is 17.2 Å². The second kappa shape index (κ2) is 10.3. The number of carbonyl (C=O) groups is 2. The Kier molecular flexibility index (Phi) is 7.34. The molecule has 1 aromatic heterocycles. The van der Waals surface area contributed by atoms with Gasteiger partial charge in [-0.2, -0.15) is 0 Å². The maximum atomic E-state index is 14.2. The number of amides is 2. The minimum atomic E-state index is -0.958. The number of aliphatic hydroxyl groups is 2. The fourth-order valence-electron chi connectivity index (χ4n) is 7.02. The van der Waals surface area contributed by atoms with Gasteiger partial charge in [-0.25, -0.2) is 13.8 Å². The molecule has 38 heavy (non-hydrogen) atoms. The van der Waals surface area contributed by atoms with Crippen LogP contribution in [-0.4, -0.2) is 57.7 Å². The summed E-state index contributed by atoms with van der Waals surface area (Å²) in [5.41, 5.74) is -1.13. The van der Waals surface area contributed by atoms with Crippen LogP contribution < -0.4 is 5.32 Å². The van der Waals surface area contributed by atoms with E-state index in [1.807, 2.05) is 11.8 Å². The lowest BCUT2D eigenvalue weighted by molar-refractivity contribution is -0.147. The number of nitrogens with zero attached hydrogens (tertiary/aromatic N) is 2. The third-order valence-electron chi connectivity index (χ3n) is 9.39. The number of thiazole rings is 1. The molecule has 0 radical (unpaired) electrons. The first kappa shape index (κ1) is 27.1. The van der Waals surface area contributed by atoms with E-state index in [1.165, 1.54) is 17.4 Å². The van der Waals surface area contributed by atoms with Crippen molar-refractivity contribution in [3.8, 4) is 0 Å². The second-order valence-corrected chi connectivity index (χ2v) is 12.6. The van der Waals surface area contributed by atoms with E-state index in [0.29, 0.717) is 19.3 Å². The predicted octanol–water partition coefficient (Wildman–Crippen LogP) is 4.49. The van der Waals surface area contributed by atoms with Crippen LogP contribution >= 0.6 is 11.3 Å². The summed E-state index contributed by atoms with van der Waals surface area (Å²) >= 11 is 1.23. The Bertz CT molecular complexity index is 1210. The molecule has 2 amide bonds. The van der Waals surface area contributed by atoms with Crippen molar-refractivity contribution in [3.05, 3.63) is 46.0 Å². The number of hydrogen-bond donors (Lipinski definition) is 3. The number of fused-ring (bicyclic) bond motifs is 2. The van der Waals surface area contributed by atoms with Crippen LogP contribution in [0.4, 0.5) is 13.9 Å². The van der Waals surface area contributed by atoms with Gasteiger partial charge >= 0.3 is 0 Å². The first-order valence-corrected chi connectivity index (χ1v) is 14.2. The molecule has 5 atom stereocenters. The molecule has 0 bridgehead atoms. The molecule has 1 saturated heterocycles. The Morgan fingerprint density at radius 1 is 1.18 bits per heavy atom. The van der Waals surface area contributed by atoms with Crippen molar-refractivity contribution in [2.75, 3.05) is 25.0 Å². The average Bonchev–Trinajstić information content (AvgIpc) is 3.30. The van der Waals surface area contributed by atoms with Crippen molar-refractivity contribution in [1.82, 2.24) is 9.88 Å². The number of piperidine rings is 1. The van der Waals surface area contributed by atoms with E-state index in [1.54, 1.807) is 0 Å². The van der Waals surface area contributed by atoms with E-state index >= 15 is 0 Å². The van der Waals surface area contributed by atoms with E-state index in [4.69, 9.17) is 4.98 Å². The van der Waals surface area contributed by atoms with Crippen LogP contribution in [-0.2, 0) is 11.2 Å². The van der Waals surface area contributed by atoms with Crippen molar-refractivity contribution < 1.29 is 28.6 Å². The molecule has 1 aliphatic heterocycles. The van der Waals surface area contributed by atoms with Crippen molar-refractivity contribution in [2.45, 2.75) is 70.8 Å². The molecule has 3 aliphatic rings. The van der Waals surface area contributed by atoms with Crippen molar-refractivity contribution in [3.63, 3.8) is 0 Å². The zero-order valence-electron chi connectivity index (χ0n) is 21.8. The summed E-state index contributed by atoms with van der Waals surface area (Å²) in [4.78, 5) is 33.8. The maximum Gasteiger partial charge on any atom is 0.263 e. The molecule has 3 N–H and O–H groups in total. The zero-order chi connectivity index (χ0) is 27.2. The molecule has 0 spiro atoms. The fraction of sp³-hybridized carbons (Fsp3) is 0.607. The SMILES string of the molecule is CC1(CO)C(O)CCC2(C)C(CC(=O)N3CCCCC3)c3nc(NC(=O)c4c(F)cccc4F)sc3CC12. The highest BCUT2D eigenvalue weighted by molar-refractivity contribution is 7.15. The molecule has 10 heteroatoms. The van der Waals surface area contributed by atoms with Gasteiger partial charge in [0, 0.05) is 35.7 Å². The van der Waals surface area contributed by atoms with Gasteiger partial charge < -0.3 is 15.1 Å². The summed E-state index contributed by atoms with van der Waals surface area (Å²) in [6.45, 7) is 5.31. The number of benzene rings is 1. The molecule has 1 aromatic carbocycles. The first-order chi connectivity index (χ1) is 18.1. The zero-order valence-corrected chi connectivity index (χ0v) is 22.6. The van der Waals surface area contributed by atoms with Gasteiger partial charge in [0.15, 0.2) is 5.13 Å². The minimum Gasteiger partial charge on any atom is -0.396 e. The predicted molar refractivity (Wildman–Crippen MR) is 140 cm³/mol. The Hall–Kier alpha value is -2.43. The molecule has 7 nitrogen and oxygen atoms in total. The normalized spacial score (nSPS) is 30.9. The number of anilines is 1. The third-order valence-corrected chi connectivity index (χ3v) is 10.4. The van der Waals surface area contributed by atoms with Crippen LogP contribution in [0.5, 0.6) is 0 Å². The number of carbonyl (C=O) groups excluding carboxylic acids is 2. The summed E-state index contributed by atoms with van der Waals surface area (Å²) in [6.07, 6.45) is 4.35. The van der Waals surface area contributed by atoms with E-state index in [9.17, 15) is 28.6 Å². The van der Waals surface area contributed by atoms with Crippen LogP contribution in [0.25, 0.3) is 0 Å². The summed E-state index contributed by atoms with van der Waals surface area (Å²) in [5.74, 6) is -3.18. The molecule has 2 heterocycles. The molecule has 2 aliphatic carbocycles. The van der Waals surface area contributed by atoms with E-state index < -0.39 is 40.0 Å². The van der Waals surface area contributed by atoms with Gasteiger partial charge in [-0.15, -0.1) is 11.3 Å². The van der Waals surface area contributed by atoms with Gasteiger partial charge in [0.05, 0.1) is 18.4 Å². The number of hydrogen-bond acceptors (Lipinski definition) is 6. The number of likely N-dealkylation sites (tertiary alicyclic amines) is 1. The average molecular weight is 548 g/mol. The molecule has 5 rings (SSSR count). The number of nitrogens with one attached hydrogen (secondary N) is 1. The van der Waals surface area contributed by atoms with Crippen LogP contribution in [0.1, 0.15) is 79.2 Å². The smallest absolute Gasteiger partial charge is 0.263 e. The molecule has 206 valence electrons. The number of halogens is 2. The first-order valence-electron chi connectivity index (χ1n) is 13.4. The quantitative estimate of drug-likeness (QED) is 0.512. The summed E-state index contributed by atoms with van der Waals surface area (Å²) in [6, 6.07) is 3.25. The van der Waals surface area contributed by atoms with Crippen molar-refractivity contribution >= 4 is 28.3 Å². The standard InChI is InChI=1S/C28H35F2N3O4S/c1-27-10-9-21(35)28(2,15-34)20(27)14-19-24(16(27)13-22(36)33-11-4-3-5-12-33)31-26(38-19)32-25(37)23-17(29)7-6-8-18(23)30/h6-8,16,20-21,34-35H,3-5,9-15H2,1-2H3,(H,31,32,37). The number of aliphatic hydroxyl groups excluding tert-OH is 2. The highest BCUT2D eigenvalue weighted by atomic mass is 32.1. The molecule has 2 aromatic rings. The molecular weight excluding hydrogens is 512 g/mol. The van der Waals surface area contributed by atoms with Crippen molar-refractivity contribution in [1.29, 1.82) is 0 Å². The van der Waals surface area contributed by atoms with Crippen LogP contribution in [0.3, 0.4) is 0 Å². The van der Waals surface area contributed by atoms with E-state index in [-0.39, 0.29) is 35.9 Å². The fourth-order valence-corrected chi connectivity index (χ4v) is 8.08. The Morgan fingerprint density at radius 2 is 1.87 bits per heavy atom. The Labute approximate surface area is 225 Å². The van der Waals surface area contributed by atoms with Crippen LogP contribution in [0, 0.1) is 28.4 Å². The topological polar surface area (TPSA) is 103 Å². The molecule has 2 fully saturated rings. The van der Waals surface area contributed by atoms with Gasteiger partial charge in [0.2, 0.25) is 5.91 Å². The van der Waals surface area contributed by atoms with Gasteiger partial charge in [0.25, 0.3) is 5.91 Å². The second-order valence-electron chi connectivity index (χ2n) is 11.6. The largest absolute Gasteiger partial charge is 0.396 e. The van der Waals surface area contributed by atoms with E-state index in [0.717, 1.165) is 55.1 Å². The van der Waals surface area contributed by atoms with Gasteiger partial charge in [-0.05, 0) is 62.0 Å². The van der Waals surface area contributed by atoms with Gasteiger partial charge in [-0.1, -0.05) is 19.9 Å². The highest BCUT2D eigenvalue weighted by Crippen LogP contribution is 2.63. The lowest BCUT2D eigenvalue weighted by atomic mass is 9.47. The van der Waals surface area contributed by atoms with Crippen LogP contribution in [0.15, 0.2) is 18.2 Å². The number of aromatic nitrogens is 1. The highest BCUT2D eigenvalue weighted by Gasteiger charge is 2.59. The summed E-state index contributed by atoms with van der Waals surface area (Å²) < 4.78 is 28.4. The monoisotopic (exact) mass is 547 g/mol. The molecule has 1 saturated carbocycles. The summed E-state index contributed by atoms with van der Waals surface area (Å²) in [5, 5.41) is 24.1. The third kappa shape index (κ3) is 4.54.